The third kappa shape index (κ3) is 6.78. The van der Waals surface area contributed by atoms with E-state index in [1.54, 1.807) is 22.8 Å². The maximum atomic E-state index is 13.6. The van der Waals surface area contributed by atoms with Crippen molar-refractivity contribution in [3.05, 3.63) is 64.2 Å². The number of aromatic hydroxyl groups is 1. The van der Waals surface area contributed by atoms with E-state index in [1.165, 1.54) is 0 Å². The van der Waals surface area contributed by atoms with Crippen molar-refractivity contribution in [2.45, 2.75) is 13.1 Å². The van der Waals surface area contributed by atoms with Gasteiger partial charge >= 0.3 is 0 Å². The minimum Gasteiger partial charge on any atom is -0.508 e. The smallest absolute Gasteiger partial charge is 0.266 e. The normalized spacial score (nSPS) is 11.7. The molecule has 0 aliphatic heterocycles. The van der Waals surface area contributed by atoms with E-state index in [9.17, 15) is 9.90 Å². The van der Waals surface area contributed by atoms with E-state index in [-0.39, 0.29) is 11.3 Å². The molecule has 1 aromatic heterocycles. The Balaban J connectivity index is 2.12. The van der Waals surface area contributed by atoms with Crippen LogP contribution in [0.5, 0.6) is 5.75 Å². The largest absolute Gasteiger partial charge is 0.508 e. The maximum Gasteiger partial charge on any atom is 0.266 e. The van der Waals surface area contributed by atoms with Crippen LogP contribution in [0.1, 0.15) is 11.4 Å². The molecule has 0 aliphatic rings. The SMILES string of the molecule is O=c1c2ccccc2nc(CN(CCCl)CCCl)n1-c1ccc(O)c(CN(CCCl)CCCl)c1. The van der Waals surface area contributed by atoms with Gasteiger partial charge in [0.2, 0.25) is 0 Å². The molecule has 3 aromatic rings. The summed E-state index contributed by atoms with van der Waals surface area (Å²) in [6.45, 7) is 3.35. The molecule has 0 aliphatic carbocycles. The van der Waals surface area contributed by atoms with Gasteiger partial charge in [-0.05, 0) is 30.3 Å². The molecule has 2 aromatic carbocycles. The highest BCUT2D eigenvalue weighted by Crippen LogP contribution is 2.24. The molecule has 6 nitrogen and oxygen atoms in total. The highest BCUT2D eigenvalue weighted by Gasteiger charge is 2.17. The van der Waals surface area contributed by atoms with E-state index in [2.05, 4.69) is 9.80 Å². The molecule has 0 atom stereocenters. The lowest BCUT2D eigenvalue weighted by molar-refractivity contribution is 0.288. The summed E-state index contributed by atoms with van der Waals surface area (Å²) in [6.07, 6.45) is 0. The van der Waals surface area contributed by atoms with Crippen LogP contribution in [0.25, 0.3) is 16.6 Å². The zero-order valence-electron chi connectivity index (χ0n) is 18.8. The Hall–Kier alpha value is -1.54. The predicted octanol–water partition coefficient (Wildman–Crippen LogP) is 4.65. The van der Waals surface area contributed by atoms with Crippen LogP contribution in [0.4, 0.5) is 0 Å². The summed E-state index contributed by atoms with van der Waals surface area (Å²) in [5.41, 5.74) is 1.76. The van der Waals surface area contributed by atoms with Gasteiger partial charge < -0.3 is 5.11 Å². The van der Waals surface area contributed by atoms with Crippen molar-refractivity contribution in [2.75, 3.05) is 49.7 Å². The van der Waals surface area contributed by atoms with Crippen molar-refractivity contribution in [1.29, 1.82) is 0 Å². The van der Waals surface area contributed by atoms with Gasteiger partial charge in [0.1, 0.15) is 11.6 Å². The number of hydrogen-bond donors (Lipinski definition) is 1. The lowest BCUT2D eigenvalue weighted by Gasteiger charge is -2.23. The molecule has 34 heavy (non-hydrogen) atoms. The molecule has 0 amide bonds. The van der Waals surface area contributed by atoms with Gasteiger partial charge in [-0.25, -0.2) is 4.98 Å². The number of nitrogens with zero attached hydrogens (tertiary/aromatic N) is 4. The Morgan fingerprint density at radius 1 is 0.824 bits per heavy atom. The topological polar surface area (TPSA) is 61.6 Å². The van der Waals surface area contributed by atoms with Crippen LogP contribution in [0.2, 0.25) is 0 Å². The first-order chi connectivity index (χ1) is 16.5. The number of rotatable bonds is 13. The number of aromatic nitrogens is 2. The zero-order valence-corrected chi connectivity index (χ0v) is 21.8. The Labute approximate surface area is 219 Å². The third-order valence-electron chi connectivity index (χ3n) is 5.53. The van der Waals surface area contributed by atoms with Crippen LogP contribution in [0, 0.1) is 0 Å². The molecular formula is C24H28Cl4N4O2. The standard InChI is InChI=1S/C24H28Cl4N4O2/c25-7-11-30(12-8-26)16-18-15-19(5-6-22(18)33)32-23(17-31(13-9-27)14-10-28)29-21-4-2-1-3-20(21)24(32)34/h1-6,15,33H,7-14,16-17H2. The average molecular weight is 546 g/mol. The Kier molecular flexibility index (Phi) is 10.8. The fraction of sp³-hybridized carbons (Fsp3) is 0.417. The second-order valence-corrected chi connectivity index (χ2v) is 9.32. The summed E-state index contributed by atoms with van der Waals surface area (Å²) < 4.78 is 1.61. The summed E-state index contributed by atoms with van der Waals surface area (Å²) in [5, 5.41) is 11.1. The number of para-hydroxylation sites is 1. The van der Waals surface area contributed by atoms with Crippen molar-refractivity contribution >= 4 is 57.3 Å². The van der Waals surface area contributed by atoms with Crippen molar-refractivity contribution < 1.29 is 5.11 Å². The molecule has 1 N–H and O–H groups in total. The number of hydrogen-bond acceptors (Lipinski definition) is 5. The monoisotopic (exact) mass is 544 g/mol. The molecule has 0 unspecified atom stereocenters. The van der Waals surface area contributed by atoms with Gasteiger partial charge in [0.05, 0.1) is 23.1 Å². The summed E-state index contributed by atoms with van der Waals surface area (Å²) in [7, 11) is 0. The van der Waals surface area contributed by atoms with Crippen molar-refractivity contribution in [3.8, 4) is 11.4 Å². The number of phenolic OH excluding ortho intramolecular Hbond substituents is 1. The quantitative estimate of drug-likeness (QED) is 0.317. The number of benzene rings is 2. The predicted molar refractivity (Wildman–Crippen MR) is 142 cm³/mol. The summed E-state index contributed by atoms with van der Waals surface area (Å²) in [6, 6.07) is 12.4. The highest BCUT2D eigenvalue weighted by atomic mass is 35.5. The first-order valence-corrected chi connectivity index (χ1v) is 13.2. The van der Waals surface area contributed by atoms with Gasteiger partial charge in [-0.3, -0.25) is 19.2 Å². The molecule has 0 fully saturated rings. The molecule has 1 heterocycles. The van der Waals surface area contributed by atoms with Gasteiger partial charge in [0, 0.05) is 61.8 Å². The molecule has 10 heteroatoms. The van der Waals surface area contributed by atoms with Crippen molar-refractivity contribution in [2.24, 2.45) is 0 Å². The van der Waals surface area contributed by atoms with Gasteiger partial charge in [-0.1, -0.05) is 12.1 Å². The van der Waals surface area contributed by atoms with Crippen LogP contribution in [0.3, 0.4) is 0 Å². The number of fused-ring (bicyclic) bond motifs is 1. The maximum absolute atomic E-state index is 13.6. The summed E-state index contributed by atoms with van der Waals surface area (Å²) >= 11 is 23.9. The van der Waals surface area contributed by atoms with Crippen LogP contribution in [0.15, 0.2) is 47.3 Å². The number of halogens is 4. The van der Waals surface area contributed by atoms with E-state index in [0.29, 0.717) is 90.8 Å². The molecule has 0 spiro atoms. The molecule has 0 radical (unpaired) electrons. The number of alkyl halides is 4. The first-order valence-electron chi connectivity index (χ1n) is 11.0. The third-order valence-corrected chi connectivity index (χ3v) is 6.20. The highest BCUT2D eigenvalue weighted by molar-refractivity contribution is 6.18. The lowest BCUT2D eigenvalue weighted by atomic mass is 10.1. The van der Waals surface area contributed by atoms with E-state index < -0.39 is 0 Å². The lowest BCUT2D eigenvalue weighted by Crippen LogP contribution is -2.32. The van der Waals surface area contributed by atoms with Crippen LogP contribution < -0.4 is 5.56 Å². The first kappa shape index (κ1) is 27.1. The summed E-state index contributed by atoms with van der Waals surface area (Å²) in [4.78, 5) is 22.6. The average Bonchev–Trinajstić information content (AvgIpc) is 2.82. The number of phenols is 1. The van der Waals surface area contributed by atoms with Crippen molar-refractivity contribution in [3.63, 3.8) is 0 Å². The molecule has 184 valence electrons. The van der Waals surface area contributed by atoms with Crippen LogP contribution in [-0.4, -0.2) is 74.2 Å². The second-order valence-electron chi connectivity index (χ2n) is 7.81. The Morgan fingerprint density at radius 3 is 2.03 bits per heavy atom. The molecular weight excluding hydrogens is 518 g/mol. The van der Waals surface area contributed by atoms with Gasteiger partial charge in [0.15, 0.2) is 0 Å². The van der Waals surface area contributed by atoms with E-state index in [4.69, 9.17) is 51.4 Å². The zero-order chi connectivity index (χ0) is 24.5. The van der Waals surface area contributed by atoms with Gasteiger partial charge in [0.25, 0.3) is 5.56 Å². The second kappa shape index (κ2) is 13.5. The minimum atomic E-state index is -0.174. The van der Waals surface area contributed by atoms with Gasteiger partial charge in [-0.15, -0.1) is 46.4 Å². The fourth-order valence-electron chi connectivity index (χ4n) is 3.85. The minimum absolute atomic E-state index is 0.146. The summed E-state index contributed by atoms with van der Waals surface area (Å²) in [5.74, 6) is 2.50. The van der Waals surface area contributed by atoms with E-state index in [0.717, 1.165) is 0 Å². The van der Waals surface area contributed by atoms with Crippen LogP contribution >= 0.6 is 46.4 Å². The van der Waals surface area contributed by atoms with Crippen LogP contribution in [-0.2, 0) is 13.1 Å². The Morgan fingerprint density at radius 2 is 1.41 bits per heavy atom. The fourth-order valence-corrected chi connectivity index (χ4v) is 4.80. The van der Waals surface area contributed by atoms with E-state index in [1.807, 2.05) is 24.3 Å². The van der Waals surface area contributed by atoms with E-state index >= 15 is 0 Å². The molecule has 0 bridgehead atoms. The van der Waals surface area contributed by atoms with Crippen molar-refractivity contribution in [1.82, 2.24) is 19.4 Å². The molecule has 3 rings (SSSR count). The van der Waals surface area contributed by atoms with Gasteiger partial charge in [-0.2, -0.15) is 0 Å². The molecule has 0 saturated carbocycles. The Bertz CT molecular complexity index is 1130. The molecule has 0 saturated heterocycles.